The molecule has 1 aliphatic heterocycles. The average Bonchev–Trinajstić information content (AvgIpc) is 2.71. The fraction of sp³-hybridized carbons (Fsp3) is 0.500. The van der Waals surface area contributed by atoms with Gasteiger partial charge in [0.25, 0.3) is 0 Å². The van der Waals surface area contributed by atoms with Gasteiger partial charge in [-0.2, -0.15) is 11.3 Å². The van der Waals surface area contributed by atoms with E-state index in [1.807, 2.05) is 16.8 Å². The lowest BCUT2D eigenvalue weighted by atomic mass is 9.96. The molecule has 0 radical (unpaired) electrons. The van der Waals surface area contributed by atoms with E-state index < -0.39 is 0 Å². The van der Waals surface area contributed by atoms with Gasteiger partial charge in [0.2, 0.25) is 5.91 Å². The van der Waals surface area contributed by atoms with Crippen molar-refractivity contribution in [3.05, 3.63) is 16.8 Å². The SMILES string of the molecule is O=C(Nc1ccsc1)C1CC12CNC2. The van der Waals surface area contributed by atoms with E-state index in [0.717, 1.165) is 25.2 Å². The molecule has 2 aliphatic rings. The molecular weight excluding hydrogens is 196 g/mol. The fourth-order valence-electron chi connectivity index (χ4n) is 2.12. The van der Waals surface area contributed by atoms with E-state index in [0.29, 0.717) is 5.41 Å². The first kappa shape index (κ1) is 8.44. The van der Waals surface area contributed by atoms with Crippen LogP contribution >= 0.6 is 11.3 Å². The summed E-state index contributed by atoms with van der Waals surface area (Å²) in [6.45, 7) is 2.05. The second kappa shape index (κ2) is 2.81. The molecule has 0 bridgehead atoms. The summed E-state index contributed by atoms with van der Waals surface area (Å²) in [5.74, 6) is 0.452. The predicted octanol–water partition coefficient (Wildman–Crippen LogP) is 1.30. The Morgan fingerprint density at radius 3 is 3.00 bits per heavy atom. The molecular formula is C10H12N2OS. The molecule has 0 aromatic carbocycles. The summed E-state index contributed by atoms with van der Waals surface area (Å²) in [7, 11) is 0. The molecule has 4 heteroatoms. The Kier molecular flexibility index (Phi) is 1.69. The molecule has 1 aromatic heterocycles. The fourth-order valence-corrected chi connectivity index (χ4v) is 2.71. The Morgan fingerprint density at radius 1 is 1.64 bits per heavy atom. The Morgan fingerprint density at radius 2 is 2.50 bits per heavy atom. The van der Waals surface area contributed by atoms with Crippen LogP contribution in [0.15, 0.2) is 16.8 Å². The van der Waals surface area contributed by atoms with E-state index in [9.17, 15) is 4.79 Å². The van der Waals surface area contributed by atoms with Crippen molar-refractivity contribution in [2.75, 3.05) is 18.4 Å². The molecule has 3 nitrogen and oxygen atoms in total. The third-order valence-corrected chi connectivity index (χ3v) is 3.93. The van der Waals surface area contributed by atoms with Crippen LogP contribution in [0.3, 0.4) is 0 Å². The smallest absolute Gasteiger partial charge is 0.228 e. The highest BCUT2D eigenvalue weighted by atomic mass is 32.1. The second-order valence-corrected chi connectivity index (χ2v) is 5.00. The van der Waals surface area contributed by atoms with Gasteiger partial charge in [0.05, 0.1) is 5.69 Å². The monoisotopic (exact) mass is 208 g/mol. The van der Waals surface area contributed by atoms with Gasteiger partial charge in [-0.05, 0) is 17.9 Å². The molecule has 2 fully saturated rings. The summed E-state index contributed by atoms with van der Waals surface area (Å²) in [5, 5.41) is 10.1. The number of carbonyl (C=O) groups excluding carboxylic acids is 1. The van der Waals surface area contributed by atoms with Crippen LogP contribution in [0.4, 0.5) is 5.69 Å². The van der Waals surface area contributed by atoms with Gasteiger partial charge in [0, 0.05) is 29.8 Å². The number of rotatable bonds is 2. The van der Waals surface area contributed by atoms with Crippen molar-refractivity contribution in [3.8, 4) is 0 Å². The summed E-state index contributed by atoms with van der Waals surface area (Å²) < 4.78 is 0. The van der Waals surface area contributed by atoms with Gasteiger partial charge >= 0.3 is 0 Å². The van der Waals surface area contributed by atoms with E-state index in [-0.39, 0.29) is 11.8 Å². The zero-order valence-corrected chi connectivity index (χ0v) is 8.56. The minimum absolute atomic E-state index is 0.199. The van der Waals surface area contributed by atoms with Crippen molar-refractivity contribution in [1.82, 2.24) is 5.32 Å². The number of nitrogens with one attached hydrogen (secondary N) is 2. The zero-order valence-electron chi connectivity index (χ0n) is 7.75. The van der Waals surface area contributed by atoms with Crippen LogP contribution < -0.4 is 10.6 Å². The van der Waals surface area contributed by atoms with Crippen LogP contribution in [-0.4, -0.2) is 19.0 Å². The summed E-state index contributed by atoms with van der Waals surface area (Å²) in [5.41, 5.74) is 1.27. The standard InChI is InChI=1S/C10H12N2OS/c13-9(12-7-1-2-14-4-7)8-3-10(8)5-11-6-10/h1-2,4,8,11H,3,5-6H2,(H,12,13). The Hall–Kier alpha value is -0.870. The molecule has 14 heavy (non-hydrogen) atoms. The van der Waals surface area contributed by atoms with E-state index in [1.54, 1.807) is 11.3 Å². The van der Waals surface area contributed by atoms with Crippen molar-refractivity contribution in [2.24, 2.45) is 11.3 Å². The lowest BCUT2D eigenvalue weighted by molar-refractivity contribution is -0.118. The lowest BCUT2D eigenvalue weighted by Gasteiger charge is -2.28. The molecule has 1 saturated heterocycles. The number of thiophene rings is 1. The van der Waals surface area contributed by atoms with Gasteiger partial charge in [0.15, 0.2) is 0 Å². The molecule has 1 spiro atoms. The predicted molar refractivity (Wildman–Crippen MR) is 56.4 cm³/mol. The maximum Gasteiger partial charge on any atom is 0.228 e. The Balaban J connectivity index is 1.62. The van der Waals surface area contributed by atoms with Crippen LogP contribution in [0, 0.1) is 11.3 Å². The first-order valence-electron chi connectivity index (χ1n) is 4.84. The molecule has 2 heterocycles. The van der Waals surface area contributed by atoms with Crippen LogP contribution in [0.1, 0.15) is 6.42 Å². The number of anilines is 1. The van der Waals surface area contributed by atoms with Gasteiger partial charge in [-0.1, -0.05) is 0 Å². The summed E-state index contributed by atoms with van der Waals surface area (Å²) in [6.07, 6.45) is 1.07. The average molecular weight is 208 g/mol. The van der Waals surface area contributed by atoms with Crippen LogP contribution in [0.5, 0.6) is 0 Å². The third kappa shape index (κ3) is 1.18. The van der Waals surface area contributed by atoms with E-state index in [2.05, 4.69) is 10.6 Å². The first-order chi connectivity index (χ1) is 6.80. The highest BCUT2D eigenvalue weighted by Crippen LogP contribution is 2.55. The van der Waals surface area contributed by atoms with Crippen molar-refractivity contribution in [1.29, 1.82) is 0 Å². The molecule has 1 atom stereocenters. The van der Waals surface area contributed by atoms with Crippen LogP contribution in [-0.2, 0) is 4.79 Å². The van der Waals surface area contributed by atoms with Gasteiger partial charge in [-0.25, -0.2) is 0 Å². The highest BCUT2D eigenvalue weighted by Gasteiger charge is 2.61. The van der Waals surface area contributed by atoms with Crippen molar-refractivity contribution in [2.45, 2.75) is 6.42 Å². The minimum Gasteiger partial charge on any atom is -0.325 e. The van der Waals surface area contributed by atoms with Crippen LogP contribution in [0.25, 0.3) is 0 Å². The normalized spacial score (nSPS) is 27.0. The molecule has 74 valence electrons. The molecule has 2 N–H and O–H groups in total. The van der Waals surface area contributed by atoms with E-state index >= 15 is 0 Å². The first-order valence-corrected chi connectivity index (χ1v) is 5.78. The third-order valence-electron chi connectivity index (χ3n) is 3.25. The van der Waals surface area contributed by atoms with Gasteiger partial charge in [-0.3, -0.25) is 4.79 Å². The lowest BCUT2D eigenvalue weighted by Crippen LogP contribution is -2.46. The van der Waals surface area contributed by atoms with Gasteiger partial charge in [-0.15, -0.1) is 0 Å². The summed E-state index contributed by atoms with van der Waals surface area (Å²) in [4.78, 5) is 11.7. The summed E-state index contributed by atoms with van der Waals surface area (Å²) in [6, 6.07) is 1.94. The van der Waals surface area contributed by atoms with Crippen molar-refractivity contribution in [3.63, 3.8) is 0 Å². The molecule has 1 aliphatic carbocycles. The maximum atomic E-state index is 11.7. The number of amides is 1. The maximum absolute atomic E-state index is 11.7. The van der Waals surface area contributed by atoms with Crippen molar-refractivity contribution >= 4 is 22.9 Å². The molecule has 1 aromatic rings. The Bertz CT molecular complexity index is 356. The highest BCUT2D eigenvalue weighted by molar-refractivity contribution is 7.08. The Labute approximate surface area is 86.5 Å². The van der Waals surface area contributed by atoms with Crippen molar-refractivity contribution < 1.29 is 4.79 Å². The molecule has 1 saturated carbocycles. The van der Waals surface area contributed by atoms with Gasteiger partial charge < -0.3 is 10.6 Å². The summed E-state index contributed by atoms with van der Waals surface area (Å²) >= 11 is 1.61. The zero-order chi connectivity index (χ0) is 9.60. The minimum atomic E-state index is 0.199. The molecule has 1 unspecified atom stereocenters. The number of hydrogen-bond donors (Lipinski definition) is 2. The number of carbonyl (C=O) groups is 1. The van der Waals surface area contributed by atoms with E-state index in [4.69, 9.17) is 0 Å². The number of hydrogen-bond acceptors (Lipinski definition) is 3. The van der Waals surface area contributed by atoms with Crippen LogP contribution in [0.2, 0.25) is 0 Å². The van der Waals surface area contributed by atoms with E-state index in [1.165, 1.54) is 0 Å². The largest absolute Gasteiger partial charge is 0.325 e. The quantitative estimate of drug-likeness (QED) is 0.769. The van der Waals surface area contributed by atoms with Gasteiger partial charge in [0.1, 0.15) is 0 Å². The molecule has 1 amide bonds. The molecule has 3 rings (SSSR count). The topological polar surface area (TPSA) is 41.1 Å². The second-order valence-electron chi connectivity index (χ2n) is 4.22.